The first-order valence-corrected chi connectivity index (χ1v) is 11.8. The number of ether oxygens (including phenoxy) is 2. The Labute approximate surface area is 207 Å². The molecule has 1 aromatic carbocycles. The Morgan fingerprint density at radius 3 is 2.77 bits per heavy atom. The SMILES string of the molecule is CN=C(NCCCOCC1CCOCC1)NCc1csc(CCc2ccccc2)n1.I. The molecule has 0 radical (unpaired) electrons. The fourth-order valence-corrected chi connectivity index (χ4v) is 4.18. The Morgan fingerprint density at radius 2 is 2.00 bits per heavy atom. The zero-order chi connectivity index (χ0) is 20.9. The molecule has 8 heteroatoms. The van der Waals surface area contributed by atoms with Gasteiger partial charge in [0.15, 0.2) is 5.96 Å². The van der Waals surface area contributed by atoms with E-state index in [9.17, 15) is 0 Å². The number of aryl methyl sites for hydroxylation is 2. The van der Waals surface area contributed by atoms with Crippen LogP contribution in [0.4, 0.5) is 0 Å². The van der Waals surface area contributed by atoms with Gasteiger partial charge in [-0.15, -0.1) is 35.3 Å². The van der Waals surface area contributed by atoms with E-state index in [2.05, 4.69) is 51.3 Å². The molecule has 3 rings (SSSR count). The van der Waals surface area contributed by atoms with Gasteiger partial charge in [0.05, 0.1) is 17.2 Å². The van der Waals surface area contributed by atoms with Gasteiger partial charge < -0.3 is 20.1 Å². The van der Waals surface area contributed by atoms with Gasteiger partial charge in [0.1, 0.15) is 0 Å². The average molecular weight is 559 g/mol. The maximum atomic E-state index is 5.81. The minimum atomic E-state index is 0. The second-order valence-electron chi connectivity index (χ2n) is 7.55. The number of benzene rings is 1. The fourth-order valence-electron chi connectivity index (χ4n) is 3.38. The van der Waals surface area contributed by atoms with Crippen molar-refractivity contribution >= 4 is 41.3 Å². The molecule has 0 saturated carbocycles. The van der Waals surface area contributed by atoms with E-state index in [0.717, 1.165) is 76.7 Å². The largest absolute Gasteiger partial charge is 0.381 e. The summed E-state index contributed by atoms with van der Waals surface area (Å²) in [5, 5.41) is 10.0. The lowest BCUT2D eigenvalue weighted by Gasteiger charge is -2.21. The van der Waals surface area contributed by atoms with Crippen LogP contribution in [0.1, 0.15) is 35.5 Å². The van der Waals surface area contributed by atoms with Gasteiger partial charge in [-0.05, 0) is 37.2 Å². The molecule has 0 bridgehead atoms. The van der Waals surface area contributed by atoms with Gasteiger partial charge in [-0.1, -0.05) is 30.3 Å². The summed E-state index contributed by atoms with van der Waals surface area (Å²) in [6.45, 7) is 4.91. The Balaban J connectivity index is 0.00000341. The normalized spacial score (nSPS) is 14.8. The Hall–Kier alpha value is -1.23. The van der Waals surface area contributed by atoms with Crippen molar-refractivity contribution in [2.24, 2.45) is 10.9 Å². The summed E-state index contributed by atoms with van der Waals surface area (Å²) in [5.41, 5.74) is 2.42. The van der Waals surface area contributed by atoms with E-state index in [4.69, 9.17) is 14.5 Å². The van der Waals surface area contributed by atoms with Crippen LogP contribution in [0.25, 0.3) is 0 Å². The molecule has 31 heavy (non-hydrogen) atoms. The van der Waals surface area contributed by atoms with E-state index >= 15 is 0 Å². The summed E-state index contributed by atoms with van der Waals surface area (Å²) < 4.78 is 11.2. The van der Waals surface area contributed by atoms with Gasteiger partial charge >= 0.3 is 0 Å². The molecule has 0 spiro atoms. The molecular formula is C23H35IN4O2S. The second-order valence-corrected chi connectivity index (χ2v) is 8.50. The molecule has 1 aliphatic rings. The van der Waals surface area contributed by atoms with Crippen molar-refractivity contribution in [3.8, 4) is 0 Å². The lowest BCUT2D eigenvalue weighted by Crippen LogP contribution is -2.37. The third-order valence-corrected chi connectivity index (χ3v) is 6.14. The van der Waals surface area contributed by atoms with Crippen LogP contribution in [0.2, 0.25) is 0 Å². The smallest absolute Gasteiger partial charge is 0.191 e. The topological polar surface area (TPSA) is 67.8 Å². The highest BCUT2D eigenvalue weighted by atomic mass is 127. The number of aromatic nitrogens is 1. The van der Waals surface area contributed by atoms with Gasteiger partial charge in [-0.2, -0.15) is 0 Å². The van der Waals surface area contributed by atoms with Crippen LogP contribution >= 0.6 is 35.3 Å². The second kappa shape index (κ2) is 15.6. The molecule has 1 saturated heterocycles. The molecule has 0 unspecified atom stereocenters. The maximum absolute atomic E-state index is 5.81. The Kier molecular flexibility index (Phi) is 13.1. The minimum absolute atomic E-state index is 0. The van der Waals surface area contributed by atoms with E-state index in [1.54, 1.807) is 18.4 Å². The number of hydrogen-bond donors (Lipinski definition) is 2. The van der Waals surface area contributed by atoms with Crippen molar-refractivity contribution in [1.82, 2.24) is 15.6 Å². The van der Waals surface area contributed by atoms with Crippen LogP contribution in [0.5, 0.6) is 0 Å². The third kappa shape index (κ3) is 10.3. The van der Waals surface area contributed by atoms with Gasteiger partial charge in [0.2, 0.25) is 0 Å². The molecule has 2 heterocycles. The first-order valence-electron chi connectivity index (χ1n) is 10.9. The van der Waals surface area contributed by atoms with E-state index in [-0.39, 0.29) is 24.0 Å². The predicted molar refractivity (Wildman–Crippen MR) is 139 cm³/mol. The van der Waals surface area contributed by atoms with E-state index in [1.807, 2.05) is 0 Å². The van der Waals surface area contributed by atoms with E-state index < -0.39 is 0 Å². The molecule has 2 aromatic rings. The van der Waals surface area contributed by atoms with Crippen LogP contribution in [0.3, 0.4) is 0 Å². The number of aliphatic imine (C=N–C) groups is 1. The molecule has 1 fully saturated rings. The van der Waals surface area contributed by atoms with Crippen LogP contribution in [0.15, 0.2) is 40.7 Å². The molecule has 0 atom stereocenters. The molecule has 6 nitrogen and oxygen atoms in total. The lowest BCUT2D eigenvalue weighted by atomic mass is 10.0. The summed E-state index contributed by atoms with van der Waals surface area (Å²) in [5.74, 6) is 1.47. The van der Waals surface area contributed by atoms with Gasteiger partial charge in [-0.3, -0.25) is 4.99 Å². The molecule has 0 amide bonds. The highest BCUT2D eigenvalue weighted by molar-refractivity contribution is 14.0. The van der Waals surface area contributed by atoms with Gasteiger partial charge in [0.25, 0.3) is 0 Å². The van der Waals surface area contributed by atoms with Crippen molar-refractivity contribution < 1.29 is 9.47 Å². The van der Waals surface area contributed by atoms with Crippen LogP contribution < -0.4 is 10.6 Å². The monoisotopic (exact) mass is 558 g/mol. The van der Waals surface area contributed by atoms with E-state index in [1.165, 1.54) is 10.6 Å². The standard InChI is InChI=1S/C23H34N4O2S.HI/c1-24-23(25-12-5-13-29-17-20-10-14-28-15-11-20)26-16-21-18-30-22(27-21)9-8-19-6-3-2-4-7-19;/h2-4,6-7,18,20H,5,8-17H2,1H3,(H2,24,25,26);1H. The molecule has 0 aliphatic carbocycles. The number of thiazole rings is 1. The van der Waals surface area contributed by atoms with Crippen LogP contribution in [0, 0.1) is 5.92 Å². The maximum Gasteiger partial charge on any atom is 0.191 e. The molecule has 1 aliphatic heterocycles. The summed E-state index contributed by atoms with van der Waals surface area (Å²) in [6.07, 6.45) is 5.22. The summed E-state index contributed by atoms with van der Waals surface area (Å²) in [4.78, 5) is 9.03. The quantitative estimate of drug-likeness (QED) is 0.189. The van der Waals surface area contributed by atoms with E-state index in [0.29, 0.717) is 12.5 Å². The van der Waals surface area contributed by atoms with Gasteiger partial charge in [-0.25, -0.2) is 4.98 Å². The van der Waals surface area contributed by atoms with Crippen molar-refractivity contribution in [3.05, 3.63) is 52.0 Å². The minimum Gasteiger partial charge on any atom is -0.381 e. The first kappa shape index (κ1) is 26.0. The first-order chi connectivity index (χ1) is 14.8. The molecule has 1 aromatic heterocycles. The zero-order valence-corrected chi connectivity index (χ0v) is 21.5. The number of hydrogen-bond acceptors (Lipinski definition) is 5. The molecule has 2 N–H and O–H groups in total. The third-order valence-electron chi connectivity index (χ3n) is 5.18. The highest BCUT2D eigenvalue weighted by Crippen LogP contribution is 2.15. The van der Waals surface area contributed by atoms with Gasteiger partial charge in [0, 0.05) is 51.8 Å². The number of guanidine groups is 1. The Morgan fingerprint density at radius 1 is 1.19 bits per heavy atom. The van der Waals surface area contributed by atoms with Crippen molar-refractivity contribution in [1.29, 1.82) is 0 Å². The van der Waals surface area contributed by atoms with Crippen molar-refractivity contribution in [3.63, 3.8) is 0 Å². The van der Waals surface area contributed by atoms with Crippen LogP contribution in [-0.4, -0.2) is 51.0 Å². The summed E-state index contributed by atoms with van der Waals surface area (Å²) in [6, 6.07) is 10.6. The fraction of sp³-hybridized carbons (Fsp3) is 0.565. The zero-order valence-electron chi connectivity index (χ0n) is 18.3. The molecular weight excluding hydrogens is 523 g/mol. The average Bonchev–Trinajstić information content (AvgIpc) is 3.26. The van der Waals surface area contributed by atoms with Crippen LogP contribution in [-0.2, 0) is 28.9 Å². The lowest BCUT2D eigenvalue weighted by molar-refractivity contribution is 0.0203. The summed E-state index contributed by atoms with van der Waals surface area (Å²) in [7, 11) is 1.79. The van der Waals surface area contributed by atoms with Crippen molar-refractivity contribution in [2.45, 2.75) is 38.6 Å². The highest BCUT2D eigenvalue weighted by Gasteiger charge is 2.13. The number of halogens is 1. The van der Waals surface area contributed by atoms with Crippen molar-refractivity contribution in [2.75, 3.05) is 40.0 Å². The predicted octanol–water partition coefficient (Wildman–Crippen LogP) is 4.04. The number of nitrogens with zero attached hydrogens (tertiary/aromatic N) is 2. The Bertz CT molecular complexity index is 751. The number of rotatable bonds is 11. The summed E-state index contributed by atoms with van der Waals surface area (Å²) >= 11 is 1.73. The molecule has 172 valence electrons. The number of nitrogens with one attached hydrogen (secondary N) is 2.